The molecule has 0 aliphatic rings. The predicted octanol–water partition coefficient (Wildman–Crippen LogP) is 4.07. The van der Waals surface area contributed by atoms with Crippen molar-refractivity contribution in [3.05, 3.63) is 65.1 Å². The number of fused-ring (bicyclic) bond motifs is 1. The summed E-state index contributed by atoms with van der Waals surface area (Å²) in [6, 6.07) is 11.9. The Labute approximate surface area is 163 Å². The van der Waals surface area contributed by atoms with Gasteiger partial charge in [-0.25, -0.2) is 4.39 Å². The van der Waals surface area contributed by atoms with Crippen LogP contribution >= 0.6 is 0 Å². The van der Waals surface area contributed by atoms with E-state index in [0.717, 1.165) is 33.4 Å². The van der Waals surface area contributed by atoms with Crippen LogP contribution in [-0.2, 0) is 22.6 Å². The van der Waals surface area contributed by atoms with E-state index in [2.05, 4.69) is 15.6 Å². The first-order valence-electron chi connectivity index (χ1n) is 9.26. The van der Waals surface area contributed by atoms with Crippen LogP contribution in [0.4, 0.5) is 10.1 Å². The summed E-state index contributed by atoms with van der Waals surface area (Å²) in [6.45, 7) is 5.93. The van der Waals surface area contributed by atoms with E-state index >= 15 is 0 Å². The first kappa shape index (κ1) is 19.6. The number of carbonyl (C=O) groups excluding carboxylic acids is 2. The fraction of sp³-hybridized carbons (Fsp3) is 0.273. The molecular weight excluding hydrogens is 357 g/mol. The van der Waals surface area contributed by atoms with Gasteiger partial charge in [0.2, 0.25) is 11.8 Å². The topological polar surface area (TPSA) is 74.0 Å². The number of halogens is 1. The number of aromatic nitrogens is 1. The summed E-state index contributed by atoms with van der Waals surface area (Å²) in [6.07, 6.45) is 0.178. The van der Waals surface area contributed by atoms with Gasteiger partial charge < -0.3 is 15.6 Å². The molecule has 1 heterocycles. The quantitative estimate of drug-likeness (QED) is 0.602. The Morgan fingerprint density at radius 1 is 1.11 bits per heavy atom. The van der Waals surface area contributed by atoms with Crippen LogP contribution in [0.15, 0.2) is 42.5 Å². The van der Waals surface area contributed by atoms with Crippen LogP contribution in [0.5, 0.6) is 0 Å². The van der Waals surface area contributed by atoms with Crippen molar-refractivity contribution >= 4 is 28.4 Å². The average molecular weight is 381 g/mol. The highest BCUT2D eigenvalue weighted by molar-refractivity contribution is 5.92. The second kappa shape index (κ2) is 8.25. The Morgan fingerprint density at radius 2 is 1.82 bits per heavy atom. The zero-order chi connectivity index (χ0) is 20.3. The smallest absolute Gasteiger partial charge is 0.226 e. The number of nitrogens with one attached hydrogen (secondary N) is 3. The first-order chi connectivity index (χ1) is 13.3. The minimum absolute atomic E-state index is 0.0356. The molecule has 0 saturated heterocycles. The lowest BCUT2D eigenvalue weighted by molar-refractivity contribution is -0.120. The van der Waals surface area contributed by atoms with Crippen LogP contribution in [0.3, 0.4) is 0 Å². The lowest BCUT2D eigenvalue weighted by Crippen LogP contribution is -2.24. The van der Waals surface area contributed by atoms with Gasteiger partial charge in [-0.2, -0.15) is 0 Å². The maximum Gasteiger partial charge on any atom is 0.226 e. The Kier molecular flexibility index (Phi) is 5.78. The van der Waals surface area contributed by atoms with Crippen LogP contribution < -0.4 is 10.6 Å². The molecule has 6 heteroatoms. The lowest BCUT2D eigenvalue weighted by atomic mass is 10.1. The van der Waals surface area contributed by atoms with Gasteiger partial charge in [0.05, 0.1) is 6.42 Å². The number of aromatic amines is 1. The van der Waals surface area contributed by atoms with E-state index in [1.165, 1.54) is 12.1 Å². The third-order valence-electron chi connectivity index (χ3n) is 4.65. The standard InChI is InChI=1S/C22H24FN3O2/c1-13(2)22(28)26-17-7-4-15(5-8-17)12-24-21(27)11-18-14(3)25-20-9-6-16(23)10-19(18)20/h4-10,13,25H,11-12H2,1-3H3,(H,24,27)(H,26,28). The first-order valence-corrected chi connectivity index (χ1v) is 9.26. The van der Waals surface area contributed by atoms with E-state index in [-0.39, 0.29) is 30.0 Å². The Hall–Kier alpha value is -3.15. The summed E-state index contributed by atoms with van der Waals surface area (Å²) < 4.78 is 13.5. The number of aryl methyl sites for hydroxylation is 1. The Morgan fingerprint density at radius 3 is 2.50 bits per heavy atom. The van der Waals surface area contributed by atoms with Gasteiger partial charge >= 0.3 is 0 Å². The van der Waals surface area contributed by atoms with Gasteiger partial charge in [-0.1, -0.05) is 26.0 Å². The number of anilines is 1. The zero-order valence-corrected chi connectivity index (χ0v) is 16.2. The van der Waals surface area contributed by atoms with Crippen molar-refractivity contribution in [1.29, 1.82) is 0 Å². The van der Waals surface area contributed by atoms with Crippen LogP contribution in [0, 0.1) is 18.7 Å². The summed E-state index contributed by atoms with van der Waals surface area (Å²) in [7, 11) is 0. The molecule has 2 aromatic carbocycles. The minimum atomic E-state index is -0.321. The molecule has 0 aliphatic heterocycles. The highest BCUT2D eigenvalue weighted by Gasteiger charge is 2.13. The molecule has 3 N–H and O–H groups in total. The number of benzene rings is 2. The fourth-order valence-electron chi connectivity index (χ4n) is 3.00. The molecule has 2 amide bonds. The third-order valence-corrected chi connectivity index (χ3v) is 4.65. The van der Waals surface area contributed by atoms with Gasteiger partial charge in [0.1, 0.15) is 5.82 Å². The monoisotopic (exact) mass is 381 g/mol. The van der Waals surface area contributed by atoms with Crippen molar-refractivity contribution < 1.29 is 14.0 Å². The van der Waals surface area contributed by atoms with Crippen molar-refractivity contribution in [3.8, 4) is 0 Å². The van der Waals surface area contributed by atoms with Gasteiger partial charge in [-0.15, -0.1) is 0 Å². The largest absolute Gasteiger partial charge is 0.358 e. The van der Waals surface area contributed by atoms with Crippen LogP contribution in [0.2, 0.25) is 0 Å². The van der Waals surface area contributed by atoms with E-state index in [9.17, 15) is 14.0 Å². The van der Waals surface area contributed by atoms with Gasteiger partial charge in [0.15, 0.2) is 0 Å². The molecule has 0 fully saturated rings. The molecular formula is C22H24FN3O2. The minimum Gasteiger partial charge on any atom is -0.358 e. The molecule has 0 spiro atoms. The van der Waals surface area contributed by atoms with Gasteiger partial charge in [-0.3, -0.25) is 9.59 Å². The zero-order valence-electron chi connectivity index (χ0n) is 16.2. The summed E-state index contributed by atoms with van der Waals surface area (Å²) in [4.78, 5) is 27.3. The lowest BCUT2D eigenvalue weighted by Gasteiger charge is -2.09. The molecule has 3 aromatic rings. The third kappa shape index (κ3) is 4.57. The molecule has 0 atom stereocenters. The number of amides is 2. The van der Waals surface area contributed by atoms with Crippen molar-refractivity contribution in [1.82, 2.24) is 10.3 Å². The van der Waals surface area contributed by atoms with Crippen molar-refractivity contribution in [2.45, 2.75) is 33.7 Å². The fourth-order valence-corrected chi connectivity index (χ4v) is 3.00. The van der Waals surface area contributed by atoms with Crippen molar-refractivity contribution in [2.24, 2.45) is 5.92 Å². The molecule has 3 rings (SSSR count). The molecule has 28 heavy (non-hydrogen) atoms. The molecule has 0 saturated carbocycles. The van der Waals surface area contributed by atoms with Crippen LogP contribution in [0.25, 0.3) is 10.9 Å². The number of carbonyl (C=O) groups is 2. The molecule has 0 aliphatic carbocycles. The van der Waals surface area contributed by atoms with Crippen molar-refractivity contribution in [3.63, 3.8) is 0 Å². The van der Waals surface area contributed by atoms with E-state index < -0.39 is 0 Å². The molecule has 0 bridgehead atoms. The van der Waals surface area contributed by atoms with Gasteiger partial charge in [0, 0.05) is 34.7 Å². The summed E-state index contributed by atoms with van der Waals surface area (Å²) in [5, 5.41) is 6.45. The van der Waals surface area contributed by atoms with E-state index in [0.29, 0.717) is 6.54 Å². The van der Waals surface area contributed by atoms with E-state index in [4.69, 9.17) is 0 Å². The number of hydrogen-bond donors (Lipinski definition) is 3. The predicted molar refractivity (Wildman–Crippen MR) is 108 cm³/mol. The summed E-state index contributed by atoms with van der Waals surface area (Å²) in [5.41, 5.74) is 4.14. The normalized spacial score (nSPS) is 11.0. The summed E-state index contributed by atoms with van der Waals surface area (Å²) >= 11 is 0. The Bertz CT molecular complexity index is 1010. The average Bonchev–Trinajstić information content (AvgIpc) is 2.96. The molecule has 146 valence electrons. The van der Waals surface area contributed by atoms with Crippen LogP contribution in [-0.4, -0.2) is 16.8 Å². The van der Waals surface area contributed by atoms with Crippen molar-refractivity contribution in [2.75, 3.05) is 5.32 Å². The summed E-state index contributed by atoms with van der Waals surface area (Å²) in [5.74, 6) is -0.574. The maximum absolute atomic E-state index is 13.5. The number of rotatable bonds is 6. The van der Waals surface area contributed by atoms with E-state index in [1.54, 1.807) is 6.07 Å². The van der Waals surface area contributed by atoms with E-state index in [1.807, 2.05) is 45.0 Å². The molecule has 5 nitrogen and oxygen atoms in total. The molecule has 0 radical (unpaired) electrons. The Balaban J connectivity index is 1.60. The number of hydrogen-bond acceptors (Lipinski definition) is 2. The second-order valence-electron chi connectivity index (χ2n) is 7.21. The highest BCUT2D eigenvalue weighted by atomic mass is 19.1. The van der Waals surface area contributed by atoms with Gasteiger partial charge in [0.25, 0.3) is 0 Å². The second-order valence-corrected chi connectivity index (χ2v) is 7.21. The van der Waals surface area contributed by atoms with Gasteiger partial charge in [-0.05, 0) is 48.4 Å². The number of H-pyrrole nitrogens is 1. The SMILES string of the molecule is Cc1[nH]c2ccc(F)cc2c1CC(=O)NCc1ccc(NC(=O)C(C)C)cc1. The highest BCUT2D eigenvalue weighted by Crippen LogP contribution is 2.23. The molecule has 1 aromatic heterocycles. The molecule has 0 unspecified atom stereocenters. The van der Waals surface area contributed by atoms with Crippen LogP contribution in [0.1, 0.15) is 30.7 Å². The maximum atomic E-state index is 13.5.